The number of nitrogens with zero attached hydrogens (tertiary/aromatic N) is 4. The van der Waals surface area contributed by atoms with Crippen LogP contribution in [0.2, 0.25) is 0 Å². The number of morpholine rings is 1. The van der Waals surface area contributed by atoms with Crippen molar-refractivity contribution < 1.29 is 9.53 Å². The Morgan fingerprint density at radius 3 is 2.42 bits per heavy atom. The second kappa shape index (κ2) is 8.54. The van der Waals surface area contributed by atoms with E-state index in [0.717, 1.165) is 65.0 Å². The van der Waals surface area contributed by atoms with Crippen LogP contribution in [-0.4, -0.2) is 104 Å². The number of guanidine groups is 1. The van der Waals surface area contributed by atoms with E-state index >= 15 is 0 Å². The maximum Gasteiger partial charge on any atom is 0.237 e. The summed E-state index contributed by atoms with van der Waals surface area (Å²) in [5.74, 6) is 0.647. The van der Waals surface area contributed by atoms with E-state index in [1.54, 1.807) is 0 Å². The molecule has 8 nitrogen and oxygen atoms in total. The summed E-state index contributed by atoms with van der Waals surface area (Å²) < 4.78 is 5.58. The zero-order valence-electron chi connectivity index (χ0n) is 17.0. The number of ether oxygens (including phenoxy) is 1. The van der Waals surface area contributed by atoms with E-state index in [-0.39, 0.29) is 11.4 Å². The summed E-state index contributed by atoms with van der Waals surface area (Å²) in [6.45, 7) is 15.8. The smallest absolute Gasteiger partial charge is 0.237 e. The number of carbonyl (C=O) groups excluding carboxylic acids is 1. The normalized spacial score (nSPS) is 23.1. The Kier molecular flexibility index (Phi) is 6.87. The fourth-order valence-corrected chi connectivity index (χ4v) is 3.57. The van der Waals surface area contributed by atoms with Gasteiger partial charge in [0, 0.05) is 58.4 Å². The predicted molar refractivity (Wildman–Crippen MR) is 104 cm³/mol. The van der Waals surface area contributed by atoms with Crippen molar-refractivity contribution in [3.63, 3.8) is 0 Å². The maximum absolute atomic E-state index is 11.7. The van der Waals surface area contributed by atoms with Gasteiger partial charge in [-0.2, -0.15) is 0 Å². The molecule has 2 rings (SSSR count). The first kappa shape index (κ1) is 20.9. The third kappa shape index (κ3) is 4.86. The summed E-state index contributed by atoms with van der Waals surface area (Å²) in [6.07, 6.45) is 0. The number of piperazine rings is 1. The molecular weight excluding hydrogens is 332 g/mol. The largest absolute Gasteiger partial charge is 0.378 e. The van der Waals surface area contributed by atoms with Gasteiger partial charge < -0.3 is 20.7 Å². The zero-order valence-corrected chi connectivity index (χ0v) is 17.0. The van der Waals surface area contributed by atoms with Gasteiger partial charge >= 0.3 is 0 Å². The summed E-state index contributed by atoms with van der Waals surface area (Å²) in [5.41, 5.74) is 5.01. The van der Waals surface area contributed by atoms with E-state index in [9.17, 15) is 4.79 Å². The lowest BCUT2D eigenvalue weighted by Gasteiger charge is -2.43. The van der Waals surface area contributed by atoms with E-state index in [0.29, 0.717) is 0 Å². The van der Waals surface area contributed by atoms with E-state index in [4.69, 9.17) is 10.5 Å². The van der Waals surface area contributed by atoms with Crippen LogP contribution >= 0.6 is 0 Å². The van der Waals surface area contributed by atoms with Crippen molar-refractivity contribution in [3.05, 3.63) is 0 Å². The van der Waals surface area contributed by atoms with Crippen molar-refractivity contribution in [2.45, 2.75) is 38.8 Å². The van der Waals surface area contributed by atoms with Gasteiger partial charge in [-0.3, -0.25) is 19.6 Å². The lowest BCUT2D eigenvalue weighted by molar-refractivity contribution is -0.129. The van der Waals surface area contributed by atoms with Gasteiger partial charge in [0.1, 0.15) is 0 Å². The Balaban J connectivity index is 1.80. The molecule has 8 heteroatoms. The Morgan fingerprint density at radius 2 is 1.88 bits per heavy atom. The molecule has 2 aliphatic heterocycles. The Labute approximate surface area is 157 Å². The minimum Gasteiger partial charge on any atom is -0.378 e. The molecule has 0 aromatic rings. The molecule has 0 unspecified atom stereocenters. The molecule has 2 heterocycles. The molecule has 0 aromatic heterocycles. The second-order valence-corrected chi connectivity index (χ2v) is 8.22. The van der Waals surface area contributed by atoms with Gasteiger partial charge in [-0.1, -0.05) is 0 Å². The highest BCUT2D eigenvalue weighted by molar-refractivity contribution is 5.84. The first-order chi connectivity index (χ1) is 12.2. The van der Waals surface area contributed by atoms with Crippen LogP contribution in [0.1, 0.15) is 27.7 Å². The molecule has 1 amide bonds. The molecule has 0 spiro atoms. The van der Waals surface area contributed by atoms with E-state index in [1.807, 2.05) is 20.9 Å². The monoisotopic (exact) mass is 368 g/mol. The van der Waals surface area contributed by atoms with Gasteiger partial charge in [-0.05, 0) is 27.7 Å². The number of carbonyl (C=O) groups is 1. The molecule has 2 fully saturated rings. The number of nitrogens with one attached hydrogen (secondary N) is 1. The summed E-state index contributed by atoms with van der Waals surface area (Å²) in [4.78, 5) is 22.9. The standard InChI is InChI=1S/C18H36N6O2/c1-17(2)14-26-13-12-23(17)7-6-21-16(20-5)22-8-10-24(11-9-22)18(3,4)15(19)25/h6-14H2,1-5H3,(H2,19,25)(H,20,21). The number of aliphatic imine (C=N–C) groups is 1. The minimum absolute atomic E-state index is 0.0788. The van der Waals surface area contributed by atoms with Gasteiger partial charge in [-0.25, -0.2) is 0 Å². The summed E-state index contributed by atoms with van der Waals surface area (Å²) in [5, 5.41) is 3.48. The molecule has 0 saturated carbocycles. The summed E-state index contributed by atoms with van der Waals surface area (Å²) >= 11 is 0. The highest BCUT2D eigenvalue weighted by Gasteiger charge is 2.35. The van der Waals surface area contributed by atoms with Crippen LogP contribution in [0, 0.1) is 0 Å². The van der Waals surface area contributed by atoms with Gasteiger partial charge in [-0.15, -0.1) is 0 Å². The lowest BCUT2D eigenvalue weighted by Crippen LogP contribution is -2.61. The van der Waals surface area contributed by atoms with Gasteiger partial charge in [0.05, 0.1) is 18.8 Å². The molecule has 2 saturated heterocycles. The first-order valence-corrected chi connectivity index (χ1v) is 9.52. The highest BCUT2D eigenvalue weighted by Crippen LogP contribution is 2.18. The summed E-state index contributed by atoms with van der Waals surface area (Å²) in [6, 6.07) is 0. The minimum atomic E-state index is -0.606. The van der Waals surface area contributed by atoms with Crippen LogP contribution in [0.5, 0.6) is 0 Å². The van der Waals surface area contributed by atoms with Crippen molar-refractivity contribution in [2.24, 2.45) is 10.7 Å². The number of hydrogen-bond donors (Lipinski definition) is 2. The van der Waals surface area contributed by atoms with Crippen LogP contribution in [0.15, 0.2) is 4.99 Å². The molecule has 0 bridgehead atoms. The molecule has 150 valence electrons. The van der Waals surface area contributed by atoms with E-state index in [2.05, 4.69) is 38.9 Å². The molecule has 26 heavy (non-hydrogen) atoms. The van der Waals surface area contributed by atoms with Crippen molar-refractivity contribution >= 4 is 11.9 Å². The third-order valence-electron chi connectivity index (χ3n) is 5.67. The fraction of sp³-hybridized carbons (Fsp3) is 0.889. The molecule has 0 radical (unpaired) electrons. The first-order valence-electron chi connectivity index (χ1n) is 9.52. The number of nitrogens with two attached hydrogens (primary N) is 1. The van der Waals surface area contributed by atoms with Crippen LogP contribution < -0.4 is 11.1 Å². The highest BCUT2D eigenvalue weighted by atomic mass is 16.5. The topological polar surface area (TPSA) is 86.4 Å². The third-order valence-corrected chi connectivity index (χ3v) is 5.67. The molecule has 0 atom stereocenters. The van der Waals surface area contributed by atoms with E-state index in [1.165, 1.54) is 0 Å². The zero-order chi connectivity index (χ0) is 19.4. The lowest BCUT2D eigenvalue weighted by atomic mass is 10.0. The average molecular weight is 369 g/mol. The van der Waals surface area contributed by atoms with Crippen molar-refractivity contribution in [3.8, 4) is 0 Å². The number of amides is 1. The SMILES string of the molecule is CN=C(NCCN1CCOCC1(C)C)N1CCN(C(C)(C)C(N)=O)CC1. The number of hydrogen-bond acceptors (Lipinski definition) is 5. The van der Waals surface area contributed by atoms with Crippen molar-refractivity contribution in [1.82, 2.24) is 20.0 Å². The van der Waals surface area contributed by atoms with Crippen LogP contribution in [0.3, 0.4) is 0 Å². The molecule has 3 N–H and O–H groups in total. The molecular formula is C18H36N6O2. The fourth-order valence-electron chi connectivity index (χ4n) is 3.57. The number of primary amides is 1. The average Bonchev–Trinajstić information content (AvgIpc) is 2.60. The van der Waals surface area contributed by atoms with Crippen LogP contribution in [-0.2, 0) is 9.53 Å². The van der Waals surface area contributed by atoms with Crippen molar-refractivity contribution in [1.29, 1.82) is 0 Å². The molecule has 2 aliphatic rings. The Bertz CT molecular complexity index is 512. The van der Waals surface area contributed by atoms with Gasteiger partial charge in [0.2, 0.25) is 5.91 Å². The van der Waals surface area contributed by atoms with Gasteiger partial charge in [0.15, 0.2) is 5.96 Å². The quantitative estimate of drug-likeness (QED) is 0.505. The van der Waals surface area contributed by atoms with E-state index < -0.39 is 5.54 Å². The molecule has 0 aliphatic carbocycles. The maximum atomic E-state index is 11.7. The van der Waals surface area contributed by atoms with Gasteiger partial charge in [0.25, 0.3) is 0 Å². The number of rotatable bonds is 5. The Morgan fingerprint density at radius 1 is 1.23 bits per heavy atom. The summed E-state index contributed by atoms with van der Waals surface area (Å²) in [7, 11) is 1.82. The van der Waals surface area contributed by atoms with Crippen LogP contribution in [0.4, 0.5) is 0 Å². The molecule has 0 aromatic carbocycles. The Hall–Kier alpha value is -1.38. The predicted octanol–water partition coefficient (Wildman–Crippen LogP) is -0.446. The van der Waals surface area contributed by atoms with Crippen LogP contribution in [0.25, 0.3) is 0 Å². The second-order valence-electron chi connectivity index (χ2n) is 8.22. The van der Waals surface area contributed by atoms with Crippen molar-refractivity contribution in [2.75, 3.05) is 66.1 Å².